The van der Waals surface area contributed by atoms with Gasteiger partial charge in [-0.05, 0) is 68.2 Å². The number of hydrogen-bond donors (Lipinski definition) is 5. The molecule has 0 unspecified atom stereocenters. The summed E-state index contributed by atoms with van der Waals surface area (Å²) < 4.78 is 29.7. The summed E-state index contributed by atoms with van der Waals surface area (Å²) in [6, 6.07) is 4.40. The van der Waals surface area contributed by atoms with Gasteiger partial charge in [0, 0.05) is 32.8 Å². The predicted molar refractivity (Wildman–Crippen MR) is 134 cm³/mol. The molecule has 1 aromatic rings. The van der Waals surface area contributed by atoms with Crippen LogP contribution in [0.1, 0.15) is 45.1 Å². The van der Waals surface area contributed by atoms with Gasteiger partial charge in [-0.25, -0.2) is 8.42 Å². The van der Waals surface area contributed by atoms with E-state index in [1.807, 2.05) is 6.07 Å². The molecule has 0 saturated carbocycles. The van der Waals surface area contributed by atoms with Gasteiger partial charge in [0.05, 0.1) is 5.69 Å². The van der Waals surface area contributed by atoms with E-state index in [0.29, 0.717) is 44.3 Å². The van der Waals surface area contributed by atoms with Crippen LogP contribution >= 0.6 is 0 Å². The zero-order chi connectivity index (χ0) is 24.8. The average molecular weight is 496 g/mol. The number of rotatable bonds is 11. The van der Waals surface area contributed by atoms with Gasteiger partial charge in [0.15, 0.2) is 0 Å². The number of nitrogens with two attached hydrogens (primary N) is 1. The molecule has 2 aliphatic rings. The number of para-hydroxylation sites is 1. The number of nitrogens with one attached hydrogen (secondary N) is 3. The molecule has 0 radical (unpaired) electrons. The Bertz CT molecular complexity index is 929. The van der Waals surface area contributed by atoms with Crippen LogP contribution in [0, 0.1) is 11.3 Å². The number of piperidine rings is 1. The SMILES string of the molecule is CC1(C)CNc2c(cccc2S(=O)(=O)N[C@@H](CNCCCN)C(=O)N2CCC(CCO)CC2)C1. The van der Waals surface area contributed by atoms with Crippen LogP contribution < -0.4 is 21.1 Å². The van der Waals surface area contributed by atoms with Crippen LogP contribution in [0.2, 0.25) is 0 Å². The Kier molecular flexibility index (Phi) is 9.34. The molecule has 6 N–H and O–H groups in total. The van der Waals surface area contributed by atoms with E-state index in [1.165, 1.54) is 0 Å². The molecular formula is C24H41N5O4S. The van der Waals surface area contributed by atoms with Crippen molar-refractivity contribution in [1.82, 2.24) is 14.9 Å². The van der Waals surface area contributed by atoms with Gasteiger partial charge >= 0.3 is 0 Å². The summed E-state index contributed by atoms with van der Waals surface area (Å²) in [7, 11) is -3.94. The Morgan fingerprint density at radius 1 is 1.32 bits per heavy atom. The summed E-state index contributed by atoms with van der Waals surface area (Å²) in [5.74, 6) is 0.184. The first-order chi connectivity index (χ1) is 16.2. The highest BCUT2D eigenvalue weighted by molar-refractivity contribution is 7.89. The number of aliphatic hydroxyl groups is 1. The number of likely N-dealkylation sites (tertiary alicyclic amines) is 1. The van der Waals surface area contributed by atoms with Crippen molar-refractivity contribution in [3.05, 3.63) is 23.8 Å². The van der Waals surface area contributed by atoms with Crippen molar-refractivity contribution in [3.63, 3.8) is 0 Å². The second kappa shape index (κ2) is 11.8. The van der Waals surface area contributed by atoms with Crippen molar-refractivity contribution in [3.8, 4) is 0 Å². The second-order valence-corrected chi connectivity index (χ2v) is 12.0. The minimum atomic E-state index is -3.94. The van der Waals surface area contributed by atoms with Crippen LogP contribution in [0.5, 0.6) is 0 Å². The van der Waals surface area contributed by atoms with Gasteiger partial charge in [-0.15, -0.1) is 0 Å². The maximum Gasteiger partial charge on any atom is 0.243 e. The third kappa shape index (κ3) is 6.91. The lowest BCUT2D eigenvalue weighted by molar-refractivity contribution is -0.134. The van der Waals surface area contributed by atoms with Crippen LogP contribution in [-0.4, -0.2) is 76.2 Å². The monoisotopic (exact) mass is 495 g/mol. The third-order valence-electron chi connectivity index (χ3n) is 6.78. The van der Waals surface area contributed by atoms with E-state index in [-0.39, 0.29) is 29.4 Å². The van der Waals surface area contributed by atoms with Crippen LogP contribution in [0.15, 0.2) is 23.1 Å². The molecule has 0 aromatic heterocycles. The standard InChI is InChI=1S/C24H41N5O4S/c1-24(2)15-19-5-3-6-21(22(19)27-17-24)34(32,33)28-20(16-26-11-4-10-25)23(31)29-12-7-18(8-13-29)9-14-30/h3,5-6,18,20,26-28,30H,4,7-17,25H2,1-2H3/t20-/m0/s1. The van der Waals surface area contributed by atoms with Crippen molar-refractivity contribution < 1.29 is 18.3 Å². The Hall–Kier alpha value is -1.72. The molecule has 9 nitrogen and oxygen atoms in total. The largest absolute Gasteiger partial charge is 0.396 e. The van der Waals surface area contributed by atoms with Gasteiger partial charge in [0.1, 0.15) is 10.9 Å². The minimum absolute atomic E-state index is 0.0381. The fourth-order valence-corrected chi connectivity index (χ4v) is 6.22. The highest BCUT2D eigenvalue weighted by Gasteiger charge is 2.34. The van der Waals surface area contributed by atoms with Crippen molar-refractivity contribution in [1.29, 1.82) is 0 Å². The molecule has 10 heteroatoms. The predicted octanol–water partition coefficient (Wildman–Crippen LogP) is 0.887. The van der Waals surface area contributed by atoms with Crippen LogP contribution in [-0.2, 0) is 21.2 Å². The first-order valence-electron chi connectivity index (χ1n) is 12.4. The number of nitrogens with zero attached hydrogens (tertiary/aromatic N) is 1. The number of carbonyl (C=O) groups excluding carboxylic acids is 1. The number of anilines is 1. The van der Waals surface area contributed by atoms with E-state index in [1.54, 1.807) is 17.0 Å². The highest BCUT2D eigenvalue weighted by atomic mass is 32.2. The molecule has 1 aromatic carbocycles. The lowest BCUT2D eigenvalue weighted by Crippen LogP contribution is -2.54. The van der Waals surface area contributed by atoms with E-state index < -0.39 is 16.1 Å². The Balaban J connectivity index is 1.77. The van der Waals surface area contributed by atoms with Crippen molar-refractivity contribution >= 4 is 21.6 Å². The lowest BCUT2D eigenvalue weighted by atomic mass is 9.82. The van der Waals surface area contributed by atoms with Crippen molar-refractivity contribution in [2.24, 2.45) is 17.1 Å². The molecule has 0 bridgehead atoms. The molecule has 0 aliphatic carbocycles. The van der Waals surface area contributed by atoms with E-state index in [0.717, 1.165) is 37.7 Å². The number of aliphatic hydroxyl groups excluding tert-OH is 1. The molecular weight excluding hydrogens is 454 g/mol. The zero-order valence-corrected chi connectivity index (χ0v) is 21.3. The molecule has 2 aliphatic heterocycles. The fraction of sp³-hybridized carbons (Fsp3) is 0.708. The summed E-state index contributed by atoms with van der Waals surface area (Å²) >= 11 is 0. The molecule has 1 saturated heterocycles. The molecule has 0 spiro atoms. The number of carbonyl (C=O) groups is 1. The van der Waals surface area contributed by atoms with E-state index in [2.05, 4.69) is 29.2 Å². The quantitative estimate of drug-likeness (QED) is 0.288. The maximum atomic E-state index is 13.5. The molecule has 192 valence electrons. The number of benzene rings is 1. The zero-order valence-electron chi connectivity index (χ0n) is 20.5. The van der Waals surface area contributed by atoms with Crippen molar-refractivity contribution in [2.45, 2.75) is 56.9 Å². The topological polar surface area (TPSA) is 137 Å². The second-order valence-electron chi connectivity index (χ2n) is 10.3. The summed E-state index contributed by atoms with van der Waals surface area (Å²) in [4.78, 5) is 15.3. The molecule has 2 heterocycles. The van der Waals surface area contributed by atoms with Gasteiger partial charge in [-0.3, -0.25) is 4.79 Å². The molecule has 1 amide bonds. The van der Waals surface area contributed by atoms with Crippen LogP contribution in [0.4, 0.5) is 5.69 Å². The number of fused-ring (bicyclic) bond motifs is 1. The summed E-state index contributed by atoms with van der Waals surface area (Å²) in [5.41, 5.74) is 7.20. The molecule has 1 atom stereocenters. The van der Waals surface area contributed by atoms with Crippen LogP contribution in [0.25, 0.3) is 0 Å². The summed E-state index contributed by atoms with van der Waals surface area (Å²) in [6.07, 6.45) is 3.90. The summed E-state index contributed by atoms with van der Waals surface area (Å²) in [6.45, 7) is 7.60. The van der Waals surface area contributed by atoms with E-state index in [9.17, 15) is 18.3 Å². The molecule has 34 heavy (non-hydrogen) atoms. The normalized spacial score (nSPS) is 19.4. The summed E-state index contributed by atoms with van der Waals surface area (Å²) in [5, 5.41) is 15.7. The Morgan fingerprint density at radius 2 is 2.06 bits per heavy atom. The van der Waals surface area contributed by atoms with E-state index >= 15 is 0 Å². The average Bonchev–Trinajstić information content (AvgIpc) is 2.80. The third-order valence-corrected chi connectivity index (χ3v) is 8.29. The fourth-order valence-electron chi connectivity index (χ4n) is 4.80. The van der Waals surface area contributed by atoms with Gasteiger partial charge in [0.25, 0.3) is 0 Å². The number of sulfonamides is 1. The molecule has 1 fully saturated rings. The minimum Gasteiger partial charge on any atom is -0.396 e. The van der Waals surface area contributed by atoms with Crippen molar-refractivity contribution in [2.75, 3.05) is 51.2 Å². The van der Waals surface area contributed by atoms with Gasteiger partial charge in [-0.2, -0.15) is 4.72 Å². The first-order valence-corrected chi connectivity index (χ1v) is 13.8. The lowest BCUT2D eigenvalue weighted by Gasteiger charge is -2.35. The molecule has 3 rings (SSSR count). The van der Waals surface area contributed by atoms with Gasteiger partial charge in [-0.1, -0.05) is 26.0 Å². The number of hydrogen-bond acceptors (Lipinski definition) is 7. The first kappa shape index (κ1) is 26.9. The number of amides is 1. The van der Waals surface area contributed by atoms with Crippen LogP contribution in [0.3, 0.4) is 0 Å². The van der Waals surface area contributed by atoms with Gasteiger partial charge < -0.3 is 26.4 Å². The van der Waals surface area contributed by atoms with E-state index in [4.69, 9.17) is 5.73 Å². The Labute approximate surface area is 203 Å². The van der Waals surface area contributed by atoms with Gasteiger partial charge in [0.2, 0.25) is 15.9 Å². The maximum absolute atomic E-state index is 13.5. The highest BCUT2D eigenvalue weighted by Crippen LogP contribution is 2.36. The Morgan fingerprint density at radius 3 is 2.74 bits per heavy atom. The smallest absolute Gasteiger partial charge is 0.243 e.